The summed E-state index contributed by atoms with van der Waals surface area (Å²) in [5.41, 5.74) is 11.7. The topological polar surface area (TPSA) is 126 Å². The number of likely N-dealkylation sites (tertiary alicyclic amines) is 1. The number of benzene rings is 1. The predicted molar refractivity (Wildman–Crippen MR) is 122 cm³/mol. The molecule has 0 unspecified atom stereocenters. The minimum atomic E-state index is -4.27. The predicted octanol–water partition coefficient (Wildman–Crippen LogP) is 1.40. The van der Waals surface area contributed by atoms with Crippen molar-refractivity contribution in [2.24, 2.45) is 5.73 Å². The normalized spacial score (nSPS) is 16.8. The molecular weight excluding hydrogens is 428 g/mol. The number of aromatic nitrogens is 1. The van der Waals surface area contributed by atoms with Gasteiger partial charge in [-0.1, -0.05) is 17.7 Å². The monoisotopic (exact) mass is 456 g/mol. The molecule has 2 aromatic rings. The smallest absolute Gasteiger partial charge is 0.294 e. The van der Waals surface area contributed by atoms with Crippen molar-refractivity contribution < 1.29 is 17.8 Å². The largest absolute Gasteiger partial charge is 0.354 e. The molecule has 32 heavy (non-hydrogen) atoms. The van der Waals surface area contributed by atoms with Crippen LogP contribution >= 0.6 is 0 Å². The Balaban J connectivity index is 1.67. The molecule has 1 amide bonds. The zero-order valence-electron chi connectivity index (χ0n) is 17.9. The summed E-state index contributed by atoms with van der Waals surface area (Å²) in [6.45, 7) is 2.77. The van der Waals surface area contributed by atoms with Gasteiger partial charge in [0.15, 0.2) is 0 Å². The molecule has 0 spiro atoms. The second kappa shape index (κ2) is 9.50. The number of nitrogens with one attached hydrogen (secondary N) is 1. The average molecular weight is 457 g/mol. The molecule has 1 aliphatic heterocycles. The van der Waals surface area contributed by atoms with Crippen LogP contribution in [0, 0.1) is 0 Å². The third-order valence-corrected chi connectivity index (χ3v) is 6.93. The van der Waals surface area contributed by atoms with Gasteiger partial charge in [-0.2, -0.15) is 8.42 Å². The van der Waals surface area contributed by atoms with Crippen LogP contribution in [0.15, 0.2) is 47.0 Å². The van der Waals surface area contributed by atoms with Crippen molar-refractivity contribution in [3.63, 3.8) is 0 Å². The summed E-state index contributed by atoms with van der Waals surface area (Å²) in [6, 6.07) is 8.81. The van der Waals surface area contributed by atoms with Gasteiger partial charge < -0.3 is 11.1 Å². The highest BCUT2D eigenvalue weighted by atomic mass is 32.2. The zero-order chi connectivity index (χ0) is 22.7. The van der Waals surface area contributed by atoms with Gasteiger partial charge in [-0.3, -0.25) is 19.2 Å². The van der Waals surface area contributed by atoms with Crippen molar-refractivity contribution in [1.82, 2.24) is 15.2 Å². The number of hydrogen-bond donors (Lipinski definition) is 3. The van der Waals surface area contributed by atoms with Gasteiger partial charge in [-0.05, 0) is 60.6 Å². The summed E-state index contributed by atoms with van der Waals surface area (Å²) < 4.78 is 32.9. The van der Waals surface area contributed by atoms with Crippen molar-refractivity contribution >= 4 is 21.6 Å². The van der Waals surface area contributed by atoms with Crippen LogP contribution in [0.1, 0.15) is 35.2 Å². The first-order valence-electron chi connectivity index (χ1n) is 10.8. The molecule has 1 aromatic carbocycles. The van der Waals surface area contributed by atoms with Gasteiger partial charge in [0.1, 0.15) is 0 Å². The van der Waals surface area contributed by atoms with Crippen LogP contribution in [0.25, 0.3) is 5.57 Å². The lowest BCUT2D eigenvalue weighted by atomic mass is 9.88. The van der Waals surface area contributed by atoms with Gasteiger partial charge in [-0.25, -0.2) is 0 Å². The number of pyridine rings is 1. The number of aryl methyl sites for hydroxylation is 2. The number of amides is 1. The lowest BCUT2D eigenvalue weighted by Gasteiger charge is -2.29. The molecular formula is C23H28N4O4S. The second-order valence-corrected chi connectivity index (χ2v) is 9.62. The number of piperidine rings is 1. The maximum atomic E-state index is 12.0. The van der Waals surface area contributed by atoms with Gasteiger partial charge in [0, 0.05) is 37.9 Å². The van der Waals surface area contributed by atoms with Gasteiger partial charge in [-0.15, -0.1) is 0 Å². The van der Waals surface area contributed by atoms with Crippen molar-refractivity contribution in [2.45, 2.75) is 30.6 Å². The first-order chi connectivity index (χ1) is 15.4. The lowest BCUT2D eigenvalue weighted by molar-refractivity contribution is -0.122. The Bertz CT molecular complexity index is 1150. The molecule has 8 nitrogen and oxygen atoms in total. The van der Waals surface area contributed by atoms with E-state index < -0.39 is 10.1 Å². The molecule has 1 aromatic heterocycles. The minimum Gasteiger partial charge on any atom is -0.354 e. The highest BCUT2D eigenvalue weighted by molar-refractivity contribution is 7.85. The lowest BCUT2D eigenvalue weighted by Crippen LogP contribution is -2.41. The van der Waals surface area contributed by atoms with E-state index in [-0.39, 0.29) is 10.8 Å². The molecule has 4 rings (SSSR count). The number of rotatable bonds is 5. The van der Waals surface area contributed by atoms with E-state index in [1.807, 2.05) is 6.07 Å². The van der Waals surface area contributed by atoms with E-state index in [4.69, 9.17) is 10.7 Å². The van der Waals surface area contributed by atoms with E-state index in [0.29, 0.717) is 26.1 Å². The third-order valence-electron chi connectivity index (χ3n) is 6.08. The maximum Gasteiger partial charge on any atom is 0.294 e. The Morgan fingerprint density at radius 1 is 1.12 bits per heavy atom. The van der Waals surface area contributed by atoms with E-state index >= 15 is 0 Å². The number of hydrogen-bond acceptors (Lipinski definition) is 6. The molecule has 0 saturated carbocycles. The van der Waals surface area contributed by atoms with E-state index in [1.165, 1.54) is 11.6 Å². The Labute approximate surface area is 188 Å². The van der Waals surface area contributed by atoms with Crippen LogP contribution in [-0.2, 0) is 27.8 Å². The number of carbonyl (C=O) groups excluding carboxylic acids is 1. The number of fused-ring (bicyclic) bond motifs is 2. The fraction of sp³-hybridized carbons (Fsp3) is 0.391. The summed E-state index contributed by atoms with van der Waals surface area (Å²) in [6.07, 6.45) is 4.80. The summed E-state index contributed by atoms with van der Waals surface area (Å²) in [5, 5.41) is 2.81. The summed E-state index contributed by atoms with van der Waals surface area (Å²) in [4.78, 5) is 18.8. The average Bonchev–Trinajstić information content (AvgIpc) is 2.94. The molecule has 0 radical (unpaired) electrons. The molecule has 9 heteroatoms. The van der Waals surface area contributed by atoms with Crippen LogP contribution in [0.5, 0.6) is 0 Å². The molecule has 1 saturated heterocycles. The Hall–Kier alpha value is -2.59. The highest BCUT2D eigenvalue weighted by Gasteiger charge is 2.26. The van der Waals surface area contributed by atoms with Crippen molar-refractivity contribution in [1.29, 1.82) is 0 Å². The third kappa shape index (κ3) is 4.91. The van der Waals surface area contributed by atoms with Crippen LogP contribution in [0.2, 0.25) is 0 Å². The SMILES string of the molecule is NCCNC(=O)CN1CCC(=C2c3ccc(S(=O)(=O)O)cc3CCc3cccnc32)CC1. The van der Waals surface area contributed by atoms with Gasteiger partial charge >= 0.3 is 0 Å². The van der Waals surface area contributed by atoms with Gasteiger partial charge in [0.05, 0.1) is 17.1 Å². The fourth-order valence-electron chi connectivity index (χ4n) is 4.50. The fourth-order valence-corrected chi connectivity index (χ4v) is 5.03. The molecule has 1 aliphatic carbocycles. The zero-order valence-corrected chi connectivity index (χ0v) is 18.7. The molecule has 2 aliphatic rings. The molecule has 0 atom stereocenters. The molecule has 4 N–H and O–H groups in total. The van der Waals surface area contributed by atoms with Crippen LogP contribution in [0.3, 0.4) is 0 Å². The first-order valence-corrected chi connectivity index (χ1v) is 12.3. The Kier molecular flexibility index (Phi) is 6.71. The maximum absolute atomic E-state index is 12.0. The first kappa shape index (κ1) is 22.6. The molecule has 1 fully saturated rings. The highest BCUT2D eigenvalue weighted by Crippen LogP contribution is 2.38. The van der Waals surface area contributed by atoms with Crippen LogP contribution < -0.4 is 11.1 Å². The standard InChI is InChI=1S/C23H28N4O4S/c24-9-11-25-21(28)15-27-12-7-16(8-13-27)22-20-6-5-19(32(29,30)31)14-18(20)4-3-17-2-1-10-26-23(17)22/h1-2,5-6,10,14H,3-4,7-9,11-13,15,24H2,(H,25,28)(H,29,30,31). The summed E-state index contributed by atoms with van der Waals surface area (Å²) >= 11 is 0. The number of nitrogens with two attached hydrogens (primary N) is 1. The second-order valence-electron chi connectivity index (χ2n) is 8.20. The Morgan fingerprint density at radius 3 is 2.59 bits per heavy atom. The summed E-state index contributed by atoms with van der Waals surface area (Å²) in [5.74, 6) is -0.0175. The van der Waals surface area contributed by atoms with E-state index in [1.54, 1.807) is 18.3 Å². The van der Waals surface area contributed by atoms with Crippen LogP contribution in [0.4, 0.5) is 0 Å². The van der Waals surface area contributed by atoms with Crippen molar-refractivity contribution in [3.05, 3.63) is 64.5 Å². The van der Waals surface area contributed by atoms with E-state index in [2.05, 4.69) is 16.3 Å². The number of nitrogens with zero attached hydrogens (tertiary/aromatic N) is 2. The van der Waals surface area contributed by atoms with Crippen molar-refractivity contribution in [3.8, 4) is 0 Å². The van der Waals surface area contributed by atoms with Crippen molar-refractivity contribution in [2.75, 3.05) is 32.7 Å². The molecule has 2 heterocycles. The van der Waals surface area contributed by atoms with Gasteiger partial charge in [0.25, 0.3) is 10.1 Å². The summed E-state index contributed by atoms with van der Waals surface area (Å²) in [7, 11) is -4.27. The van der Waals surface area contributed by atoms with E-state index in [0.717, 1.165) is 60.3 Å². The quantitative estimate of drug-likeness (QED) is 0.581. The molecule has 0 bridgehead atoms. The molecule has 170 valence electrons. The van der Waals surface area contributed by atoms with E-state index in [9.17, 15) is 17.8 Å². The minimum absolute atomic E-state index is 0.0175. The van der Waals surface area contributed by atoms with Gasteiger partial charge in [0.2, 0.25) is 5.91 Å². The van der Waals surface area contributed by atoms with Crippen LogP contribution in [-0.4, -0.2) is 61.5 Å². The number of carbonyl (C=O) groups is 1. The Morgan fingerprint density at radius 2 is 1.88 bits per heavy atom.